The van der Waals surface area contributed by atoms with Gasteiger partial charge in [-0.1, -0.05) is 35.0 Å². The Morgan fingerprint density at radius 2 is 1.94 bits per heavy atom. The van der Waals surface area contributed by atoms with E-state index in [1.54, 1.807) is 42.5 Å². The Bertz CT molecular complexity index is 1170. The molecule has 0 atom stereocenters. The zero-order valence-corrected chi connectivity index (χ0v) is 17.5. The Morgan fingerprint density at radius 3 is 2.69 bits per heavy atom. The molecule has 2 aromatic carbocycles. The summed E-state index contributed by atoms with van der Waals surface area (Å²) in [6, 6.07) is 13.3. The first kappa shape index (κ1) is 21.5. The van der Waals surface area contributed by atoms with E-state index in [9.17, 15) is 0 Å². The van der Waals surface area contributed by atoms with Gasteiger partial charge in [0.15, 0.2) is 11.5 Å². The van der Waals surface area contributed by atoms with Crippen LogP contribution in [0.4, 0.5) is 4.39 Å². The number of nitrogens with one attached hydrogen (secondary N) is 1. The number of amidine groups is 1. The van der Waals surface area contributed by atoms with Crippen molar-refractivity contribution < 1.29 is 23.5 Å². The van der Waals surface area contributed by atoms with Gasteiger partial charge >= 0.3 is 0 Å². The summed E-state index contributed by atoms with van der Waals surface area (Å²) in [6.45, 7) is 0.863. The number of hydrogen-bond donors (Lipinski definition) is 1. The van der Waals surface area contributed by atoms with Crippen LogP contribution in [0, 0.1) is 5.82 Å². The Balaban J connectivity index is 1.65. The summed E-state index contributed by atoms with van der Waals surface area (Å²) in [7, 11) is 1.40. The van der Waals surface area contributed by atoms with Crippen molar-refractivity contribution in [2.45, 2.75) is 0 Å². The molecule has 0 amide bonds. The first-order chi connectivity index (χ1) is 15.7. The fourth-order valence-corrected chi connectivity index (χ4v) is 2.95. The van der Waals surface area contributed by atoms with Crippen LogP contribution in [0.15, 0.2) is 65.0 Å². The van der Waals surface area contributed by atoms with Crippen molar-refractivity contribution >= 4 is 23.1 Å². The van der Waals surface area contributed by atoms with Crippen LogP contribution in [-0.2, 0) is 9.68 Å². The molecule has 0 fully saturated rings. The molecule has 0 spiro atoms. The third-order valence-electron chi connectivity index (χ3n) is 4.12. The third kappa shape index (κ3) is 4.93. The molecular formula is C21H17ClFN5O4. The first-order valence-electron chi connectivity index (χ1n) is 9.40. The van der Waals surface area contributed by atoms with Crippen molar-refractivity contribution in [2.75, 3.05) is 20.3 Å². The predicted molar refractivity (Wildman–Crippen MR) is 115 cm³/mol. The second-order valence-corrected chi connectivity index (χ2v) is 6.70. The summed E-state index contributed by atoms with van der Waals surface area (Å²) >= 11 is 5.95. The van der Waals surface area contributed by atoms with E-state index in [0.29, 0.717) is 41.0 Å². The van der Waals surface area contributed by atoms with E-state index < -0.39 is 5.82 Å². The van der Waals surface area contributed by atoms with E-state index in [4.69, 9.17) is 30.7 Å². The number of nitrogens with zero attached hydrogens (tertiary/aromatic N) is 4. The zero-order chi connectivity index (χ0) is 22.3. The quantitative estimate of drug-likeness (QED) is 0.420. The Morgan fingerprint density at radius 1 is 1.12 bits per heavy atom. The molecule has 0 saturated carbocycles. The summed E-state index contributed by atoms with van der Waals surface area (Å²) in [5.74, 6) is -0.614. The lowest BCUT2D eigenvalue weighted by molar-refractivity contribution is 0.0836. The molecule has 1 aliphatic rings. The molecule has 0 bridgehead atoms. The number of benzene rings is 2. The largest absolute Gasteiger partial charge is 0.436 e. The van der Waals surface area contributed by atoms with Crippen LogP contribution in [-0.4, -0.2) is 41.8 Å². The number of hydroxylamine groups is 1. The topological polar surface area (TPSA) is 99.5 Å². The summed E-state index contributed by atoms with van der Waals surface area (Å²) in [5.41, 5.74) is 3.49. The summed E-state index contributed by atoms with van der Waals surface area (Å²) in [4.78, 5) is 22.3. The van der Waals surface area contributed by atoms with E-state index in [2.05, 4.69) is 25.6 Å². The Labute approximate surface area is 187 Å². The highest BCUT2D eigenvalue weighted by molar-refractivity contribution is 6.47. The van der Waals surface area contributed by atoms with Crippen LogP contribution in [0.5, 0.6) is 23.3 Å². The average molecular weight is 458 g/mol. The number of halogens is 2. The van der Waals surface area contributed by atoms with Crippen LogP contribution in [0.1, 0.15) is 5.56 Å². The number of ether oxygens (including phenoxy) is 2. The molecule has 164 valence electrons. The highest BCUT2D eigenvalue weighted by Crippen LogP contribution is 2.32. The number of para-hydroxylation sites is 1. The SMILES string of the molecule is CO/N=C(\C1=NCCON1)c1ccccc1Oc1ncnc(Oc2cccc(Cl)c2)c1F. The monoisotopic (exact) mass is 457 g/mol. The van der Waals surface area contributed by atoms with Crippen molar-refractivity contribution in [1.82, 2.24) is 15.4 Å². The van der Waals surface area contributed by atoms with Crippen molar-refractivity contribution in [2.24, 2.45) is 10.1 Å². The molecular weight excluding hydrogens is 441 g/mol. The van der Waals surface area contributed by atoms with E-state index in [1.807, 2.05) is 0 Å². The number of oxime groups is 1. The molecule has 1 aromatic heterocycles. The van der Waals surface area contributed by atoms with Gasteiger partial charge in [0.05, 0.1) is 18.7 Å². The Hall–Kier alpha value is -3.76. The summed E-state index contributed by atoms with van der Waals surface area (Å²) in [5, 5.41) is 4.46. The van der Waals surface area contributed by atoms with Gasteiger partial charge in [0.1, 0.15) is 24.9 Å². The molecule has 0 radical (unpaired) electrons. The number of hydrogen-bond acceptors (Lipinski definition) is 9. The highest BCUT2D eigenvalue weighted by Gasteiger charge is 2.22. The molecule has 32 heavy (non-hydrogen) atoms. The van der Waals surface area contributed by atoms with Gasteiger partial charge < -0.3 is 14.3 Å². The fourth-order valence-electron chi connectivity index (χ4n) is 2.77. The lowest BCUT2D eigenvalue weighted by atomic mass is 10.1. The second kappa shape index (κ2) is 10.0. The minimum atomic E-state index is -0.885. The van der Waals surface area contributed by atoms with Crippen LogP contribution in [0.25, 0.3) is 0 Å². The van der Waals surface area contributed by atoms with Crippen molar-refractivity contribution in [3.8, 4) is 23.3 Å². The predicted octanol–water partition coefficient (Wildman–Crippen LogP) is 4.14. The first-order valence-corrected chi connectivity index (χ1v) is 9.78. The van der Waals surface area contributed by atoms with Crippen LogP contribution < -0.4 is 15.0 Å². The molecule has 1 N–H and O–H groups in total. The van der Waals surface area contributed by atoms with Gasteiger partial charge in [-0.15, -0.1) is 0 Å². The minimum absolute atomic E-state index is 0.254. The van der Waals surface area contributed by atoms with Crippen LogP contribution in [0.3, 0.4) is 0 Å². The summed E-state index contributed by atoms with van der Waals surface area (Å²) < 4.78 is 26.3. The molecule has 2 heterocycles. The molecule has 3 aromatic rings. The minimum Gasteiger partial charge on any atom is -0.436 e. The smallest absolute Gasteiger partial charge is 0.263 e. The van der Waals surface area contributed by atoms with Gasteiger partial charge in [0.25, 0.3) is 11.8 Å². The van der Waals surface area contributed by atoms with Gasteiger partial charge in [-0.25, -0.2) is 5.48 Å². The van der Waals surface area contributed by atoms with Gasteiger partial charge in [-0.3, -0.25) is 9.83 Å². The normalized spacial score (nSPS) is 13.7. The highest BCUT2D eigenvalue weighted by atomic mass is 35.5. The van der Waals surface area contributed by atoms with Crippen molar-refractivity contribution in [3.63, 3.8) is 0 Å². The Kier molecular flexibility index (Phi) is 6.73. The van der Waals surface area contributed by atoms with Gasteiger partial charge in [0.2, 0.25) is 5.82 Å². The lowest BCUT2D eigenvalue weighted by Crippen LogP contribution is -2.37. The van der Waals surface area contributed by atoms with Crippen molar-refractivity contribution in [1.29, 1.82) is 0 Å². The fraction of sp³-hybridized carbons (Fsp3) is 0.143. The van der Waals surface area contributed by atoms with Gasteiger partial charge in [-0.2, -0.15) is 14.4 Å². The molecule has 0 unspecified atom stereocenters. The van der Waals surface area contributed by atoms with E-state index in [1.165, 1.54) is 13.2 Å². The number of aliphatic imine (C=N–C) groups is 1. The maximum atomic E-state index is 15.1. The van der Waals surface area contributed by atoms with Gasteiger partial charge in [-0.05, 0) is 30.3 Å². The molecule has 0 aliphatic carbocycles. The second-order valence-electron chi connectivity index (χ2n) is 6.26. The van der Waals surface area contributed by atoms with Gasteiger partial charge in [0, 0.05) is 5.02 Å². The van der Waals surface area contributed by atoms with Crippen molar-refractivity contribution in [3.05, 3.63) is 71.3 Å². The third-order valence-corrected chi connectivity index (χ3v) is 4.36. The lowest BCUT2D eigenvalue weighted by Gasteiger charge is -2.17. The van der Waals surface area contributed by atoms with E-state index in [0.717, 1.165) is 6.33 Å². The molecule has 4 rings (SSSR count). The molecule has 9 nitrogen and oxygen atoms in total. The van der Waals surface area contributed by atoms with Crippen LogP contribution in [0.2, 0.25) is 5.02 Å². The maximum Gasteiger partial charge on any atom is 0.263 e. The van der Waals surface area contributed by atoms with E-state index in [-0.39, 0.29) is 17.5 Å². The standard InChI is InChI=1S/C21H17ClFN5O4/c1-29-27-18(19-24-9-10-30-28-19)15-7-2-3-8-16(15)32-21-17(23)20(25-12-26-21)31-14-6-4-5-13(22)11-14/h2-8,11-12H,9-10H2,1H3,(H,24,28)/b27-18-. The summed E-state index contributed by atoms with van der Waals surface area (Å²) in [6.07, 6.45) is 1.13. The molecule has 0 saturated heterocycles. The van der Waals surface area contributed by atoms with E-state index >= 15 is 4.39 Å². The number of aromatic nitrogens is 2. The number of rotatable bonds is 7. The average Bonchev–Trinajstić information content (AvgIpc) is 2.81. The molecule has 11 heteroatoms. The maximum absolute atomic E-state index is 15.1. The van der Waals surface area contributed by atoms with Crippen LogP contribution >= 0.6 is 11.6 Å². The molecule has 1 aliphatic heterocycles. The zero-order valence-electron chi connectivity index (χ0n) is 16.8.